The van der Waals surface area contributed by atoms with E-state index in [2.05, 4.69) is 11.4 Å². The summed E-state index contributed by atoms with van der Waals surface area (Å²) in [6.07, 6.45) is 4.71. The largest absolute Gasteiger partial charge is 0.352 e. The van der Waals surface area contributed by atoms with E-state index in [-0.39, 0.29) is 23.6 Å². The van der Waals surface area contributed by atoms with Crippen LogP contribution in [0.15, 0.2) is 72.8 Å². The highest BCUT2D eigenvalue weighted by Gasteiger charge is 2.32. The molecule has 4 nitrogen and oxygen atoms in total. The Bertz CT molecular complexity index is 1230. The van der Waals surface area contributed by atoms with Crippen LogP contribution in [0.3, 0.4) is 0 Å². The predicted molar refractivity (Wildman–Crippen MR) is 159 cm³/mol. The van der Waals surface area contributed by atoms with Crippen molar-refractivity contribution < 1.29 is 9.59 Å². The van der Waals surface area contributed by atoms with E-state index >= 15 is 0 Å². The average molecular weight is 570 g/mol. The van der Waals surface area contributed by atoms with E-state index in [1.54, 1.807) is 17.0 Å². The molecule has 2 amide bonds. The third-order valence-corrected chi connectivity index (χ3v) is 8.46. The molecule has 7 heteroatoms. The van der Waals surface area contributed by atoms with E-state index in [9.17, 15) is 9.59 Å². The van der Waals surface area contributed by atoms with E-state index in [0.29, 0.717) is 28.8 Å². The van der Waals surface area contributed by atoms with Crippen molar-refractivity contribution in [3.05, 3.63) is 105 Å². The maximum atomic E-state index is 13.8. The standard InChI is InChI=1S/C31H34Cl2N2O2S/c1-22-8-7-11-24(16-22)19-35(30(36)21-38-20-25-14-15-26(32)18-28(25)33)29(17-23-9-3-2-4-10-23)31(37)34-27-12-5-6-13-27/h2-4,7-11,14-16,18,27,29H,5-6,12-13,17,19-21H2,1H3,(H,34,37)/t29-/m1/s1. The summed E-state index contributed by atoms with van der Waals surface area (Å²) in [6.45, 7) is 2.41. The van der Waals surface area contributed by atoms with Gasteiger partial charge in [0.1, 0.15) is 6.04 Å². The number of benzene rings is 3. The van der Waals surface area contributed by atoms with Gasteiger partial charge in [-0.25, -0.2) is 0 Å². The van der Waals surface area contributed by atoms with Gasteiger partial charge in [0.15, 0.2) is 0 Å². The lowest BCUT2D eigenvalue weighted by atomic mass is 10.0. The smallest absolute Gasteiger partial charge is 0.243 e. The lowest BCUT2D eigenvalue weighted by Gasteiger charge is -2.32. The van der Waals surface area contributed by atoms with Crippen LogP contribution in [0.5, 0.6) is 0 Å². The fourth-order valence-corrected chi connectivity index (χ4v) is 6.37. The quantitative estimate of drug-likeness (QED) is 0.265. The van der Waals surface area contributed by atoms with E-state index in [4.69, 9.17) is 23.2 Å². The minimum Gasteiger partial charge on any atom is -0.352 e. The number of carbonyl (C=O) groups excluding carboxylic acids is 2. The second-order valence-electron chi connectivity index (χ2n) is 9.93. The fraction of sp³-hybridized carbons (Fsp3) is 0.355. The Morgan fingerprint density at radius 2 is 1.71 bits per heavy atom. The monoisotopic (exact) mass is 568 g/mol. The van der Waals surface area contributed by atoms with Crippen LogP contribution >= 0.6 is 35.0 Å². The van der Waals surface area contributed by atoms with Crippen molar-refractivity contribution in [1.29, 1.82) is 0 Å². The minimum absolute atomic E-state index is 0.0657. The number of hydrogen-bond donors (Lipinski definition) is 1. The number of carbonyl (C=O) groups is 2. The molecule has 0 heterocycles. The molecule has 3 aromatic rings. The number of rotatable bonds is 11. The first-order valence-electron chi connectivity index (χ1n) is 13.1. The maximum Gasteiger partial charge on any atom is 0.243 e. The molecule has 4 rings (SSSR count). The van der Waals surface area contributed by atoms with Crippen LogP contribution in [0.25, 0.3) is 0 Å². The molecule has 1 aliphatic carbocycles. The molecule has 0 aromatic heterocycles. The van der Waals surface area contributed by atoms with Crippen LogP contribution in [0.4, 0.5) is 0 Å². The van der Waals surface area contributed by atoms with Gasteiger partial charge in [0.25, 0.3) is 0 Å². The third kappa shape index (κ3) is 8.26. The summed E-state index contributed by atoms with van der Waals surface area (Å²) in [4.78, 5) is 29.3. The first kappa shape index (κ1) is 28.5. The molecule has 1 atom stereocenters. The number of nitrogens with one attached hydrogen (secondary N) is 1. The number of hydrogen-bond acceptors (Lipinski definition) is 3. The molecule has 1 fully saturated rings. The molecule has 0 aliphatic heterocycles. The third-order valence-electron chi connectivity index (χ3n) is 6.91. The highest BCUT2D eigenvalue weighted by molar-refractivity contribution is 7.99. The zero-order valence-corrected chi connectivity index (χ0v) is 24.0. The molecule has 0 spiro atoms. The van der Waals surface area contributed by atoms with E-state index < -0.39 is 6.04 Å². The molecule has 0 unspecified atom stereocenters. The lowest BCUT2D eigenvalue weighted by Crippen LogP contribution is -2.52. The molecule has 0 radical (unpaired) electrons. The number of nitrogens with zero attached hydrogens (tertiary/aromatic N) is 1. The molecule has 38 heavy (non-hydrogen) atoms. The predicted octanol–water partition coefficient (Wildman–Crippen LogP) is 7.23. The Kier molecular flexibility index (Phi) is 10.6. The van der Waals surface area contributed by atoms with Crippen molar-refractivity contribution in [3.63, 3.8) is 0 Å². The fourth-order valence-electron chi connectivity index (χ4n) is 4.90. The van der Waals surface area contributed by atoms with Gasteiger partial charge in [0.2, 0.25) is 11.8 Å². The Balaban J connectivity index is 1.57. The Labute approximate surface area is 240 Å². The van der Waals surface area contributed by atoms with E-state index in [0.717, 1.165) is 47.9 Å². The van der Waals surface area contributed by atoms with E-state index in [1.807, 2.05) is 61.5 Å². The summed E-state index contributed by atoms with van der Waals surface area (Å²) in [5.74, 6) is 0.682. The van der Waals surface area contributed by atoms with Gasteiger partial charge >= 0.3 is 0 Å². The first-order chi connectivity index (χ1) is 18.4. The molecule has 1 N–H and O–H groups in total. The zero-order chi connectivity index (χ0) is 26.9. The summed E-state index contributed by atoms with van der Waals surface area (Å²) < 4.78 is 0. The van der Waals surface area contributed by atoms with Gasteiger partial charge in [0.05, 0.1) is 5.75 Å². The summed E-state index contributed by atoms with van der Waals surface area (Å²) >= 11 is 13.9. The Morgan fingerprint density at radius 1 is 0.974 bits per heavy atom. The van der Waals surface area contributed by atoms with Gasteiger partial charge in [-0.3, -0.25) is 9.59 Å². The normalized spacial score (nSPS) is 14.3. The summed E-state index contributed by atoms with van der Waals surface area (Å²) in [5.41, 5.74) is 4.09. The number of halogens is 2. The van der Waals surface area contributed by atoms with Gasteiger partial charge in [-0.05, 0) is 48.6 Å². The summed E-state index contributed by atoms with van der Waals surface area (Å²) in [5, 5.41) is 4.43. The molecule has 0 bridgehead atoms. The van der Waals surface area contributed by atoms with Crippen LogP contribution in [-0.4, -0.2) is 34.6 Å². The Hall–Kier alpha value is -2.47. The summed E-state index contributed by atoms with van der Waals surface area (Å²) in [6, 6.07) is 23.1. The maximum absolute atomic E-state index is 13.8. The van der Waals surface area contributed by atoms with Gasteiger partial charge < -0.3 is 10.2 Å². The second-order valence-corrected chi connectivity index (χ2v) is 11.8. The molecule has 200 valence electrons. The van der Waals surface area contributed by atoms with E-state index in [1.165, 1.54) is 11.8 Å². The minimum atomic E-state index is -0.606. The van der Waals surface area contributed by atoms with Crippen LogP contribution < -0.4 is 5.32 Å². The van der Waals surface area contributed by atoms with Gasteiger partial charge in [-0.1, -0.05) is 102 Å². The SMILES string of the molecule is Cc1cccc(CN(C(=O)CSCc2ccc(Cl)cc2Cl)[C@H](Cc2ccccc2)C(=O)NC2CCCC2)c1. The Morgan fingerprint density at radius 3 is 2.42 bits per heavy atom. The lowest BCUT2D eigenvalue weighted by molar-refractivity contribution is -0.139. The molecular weight excluding hydrogens is 535 g/mol. The molecule has 0 saturated heterocycles. The zero-order valence-electron chi connectivity index (χ0n) is 21.7. The summed E-state index contributed by atoms with van der Waals surface area (Å²) in [7, 11) is 0. The van der Waals surface area contributed by atoms with Crippen molar-refractivity contribution >= 4 is 46.8 Å². The van der Waals surface area contributed by atoms with Crippen LogP contribution in [-0.2, 0) is 28.3 Å². The molecule has 3 aromatic carbocycles. The van der Waals surface area contributed by atoms with Crippen LogP contribution in [0.1, 0.15) is 47.9 Å². The topological polar surface area (TPSA) is 49.4 Å². The van der Waals surface area contributed by atoms with Crippen molar-refractivity contribution in [2.24, 2.45) is 0 Å². The van der Waals surface area contributed by atoms with Crippen molar-refractivity contribution in [2.45, 2.75) is 63.4 Å². The molecule has 1 aliphatic rings. The number of amides is 2. The van der Waals surface area contributed by atoms with Gasteiger partial charge in [-0.2, -0.15) is 0 Å². The van der Waals surface area contributed by atoms with Gasteiger partial charge in [0, 0.05) is 34.8 Å². The van der Waals surface area contributed by atoms with Crippen LogP contribution in [0.2, 0.25) is 10.0 Å². The van der Waals surface area contributed by atoms with Crippen molar-refractivity contribution in [2.75, 3.05) is 5.75 Å². The van der Waals surface area contributed by atoms with Crippen molar-refractivity contribution in [3.8, 4) is 0 Å². The second kappa shape index (κ2) is 14.1. The molecular formula is C31H34Cl2N2O2S. The highest BCUT2D eigenvalue weighted by Crippen LogP contribution is 2.26. The van der Waals surface area contributed by atoms with Crippen molar-refractivity contribution in [1.82, 2.24) is 10.2 Å². The average Bonchev–Trinajstić information content (AvgIpc) is 3.41. The molecule has 1 saturated carbocycles. The number of aryl methyl sites for hydroxylation is 1. The highest BCUT2D eigenvalue weighted by atomic mass is 35.5. The number of thioether (sulfide) groups is 1. The van der Waals surface area contributed by atoms with Crippen LogP contribution in [0, 0.1) is 6.92 Å². The van der Waals surface area contributed by atoms with Gasteiger partial charge in [-0.15, -0.1) is 11.8 Å². The first-order valence-corrected chi connectivity index (χ1v) is 15.0.